The molecular weight excluding hydrogens is 502 g/mol. The Morgan fingerprint density at radius 3 is 1.75 bits per heavy atom. The van der Waals surface area contributed by atoms with Crippen LogP contribution in [0.3, 0.4) is 0 Å². The summed E-state index contributed by atoms with van der Waals surface area (Å²) in [5.41, 5.74) is 16.0. The minimum absolute atomic E-state index is 0.0172. The van der Waals surface area contributed by atoms with Gasteiger partial charge in [0.15, 0.2) is 5.96 Å². The molecule has 0 saturated carbocycles. The van der Waals surface area contributed by atoms with Gasteiger partial charge in [-0.15, -0.1) is 0 Å². The second kappa shape index (κ2) is 16.9. The molecule has 204 valence electrons. The number of guanidine groups is 1. The zero-order valence-corrected chi connectivity index (χ0v) is 20.3. The number of thiol groups is 1. The summed E-state index contributed by atoms with van der Waals surface area (Å²) in [5, 5.41) is 33.8. The van der Waals surface area contributed by atoms with Crippen molar-refractivity contribution in [2.45, 2.75) is 62.7 Å². The highest BCUT2D eigenvalue weighted by Crippen LogP contribution is 2.04. The summed E-state index contributed by atoms with van der Waals surface area (Å²) in [6, 6.07) is -5.35. The Balaban J connectivity index is 5.26. The van der Waals surface area contributed by atoms with E-state index in [2.05, 4.69) is 33.6 Å². The van der Waals surface area contributed by atoms with Crippen molar-refractivity contribution < 1.29 is 44.1 Å². The highest BCUT2D eigenvalue weighted by Gasteiger charge is 2.30. The average Bonchev–Trinajstić information content (AvgIpc) is 2.79. The maximum Gasteiger partial charge on any atom is 0.326 e. The molecule has 16 nitrogen and oxygen atoms in total. The number of nitrogens with one attached hydrogen (secondary N) is 3. The van der Waals surface area contributed by atoms with Gasteiger partial charge in [0, 0.05) is 25.1 Å². The van der Waals surface area contributed by atoms with E-state index in [1.54, 1.807) is 0 Å². The molecule has 0 saturated heterocycles. The highest BCUT2D eigenvalue weighted by molar-refractivity contribution is 7.80. The van der Waals surface area contributed by atoms with Crippen molar-refractivity contribution >= 4 is 54.2 Å². The second-order valence-electron chi connectivity index (χ2n) is 7.62. The van der Waals surface area contributed by atoms with Gasteiger partial charge in [-0.05, 0) is 25.7 Å². The van der Waals surface area contributed by atoms with E-state index < -0.39 is 72.6 Å². The predicted molar refractivity (Wildman–Crippen MR) is 129 cm³/mol. The maximum absolute atomic E-state index is 12.7. The molecule has 3 amide bonds. The molecule has 0 spiro atoms. The third-order valence-corrected chi connectivity index (χ3v) is 5.03. The smallest absolute Gasteiger partial charge is 0.326 e. The number of carboxylic acids is 3. The lowest BCUT2D eigenvalue weighted by Gasteiger charge is -2.24. The van der Waals surface area contributed by atoms with Crippen LogP contribution in [0.4, 0.5) is 0 Å². The van der Waals surface area contributed by atoms with Gasteiger partial charge in [0.05, 0.1) is 6.04 Å². The largest absolute Gasteiger partial charge is 0.481 e. The molecule has 36 heavy (non-hydrogen) atoms. The second-order valence-corrected chi connectivity index (χ2v) is 7.99. The summed E-state index contributed by atoms with van der Waals surface area (Å²) in [6.07, 6.45) is -1.29. The van der Waals surface area contributed by atoms with Gasteiger partial charge in [-0.25, -0.2) is 4.79 Å². The van der Waals surface area contributed by atoms with Crippen LogP contribution in [0.5, 0.6) is 0 Å². The average molecular weight is 536 g/mol. The number of carboxylic acid groups (broad SMARTS) is 3. The van der Waals surface area contributed by atoms with E-state index in [9.17, 15) is 33.9 Å². The molecule has 0 bridgehead atoms. The summed E-state index contributed by atoms with van der Waals surface area (Å²) in [4.78, 5) is 74.3. The number of hydrogen-bond acceptors (Lipinski definition) is 9. The lowest BCUT2D eigenvalue weighted by atomic mass is 10.1. The third-order valence-electron chi connectivity index (χ3n) is 4.66. The van der Waals surface area contributed by atoms with E-state index in [-0.39, 0.29) is 43.9 Å². The van der Waals surface area contributed by atoms with Crippen molar-refractivity contribution in [3.05, 3.63) is 0 Å². The zero-order valence-electron chi connectivity index (χ0n) is 19.4. The van der Waals surface area contributed by atoms with E-state index >= 15 is 0 Å². The summed E-state index contributed by atoms with van der Waals surface area (Å²) in [5.74, 6) is -6.91. The van der Waals surface area contributed by atoms with Crippen LogP contribution in [0.25, 0.3) is 0 Å². The number of carbonyl (C=O) groups is 6. The lowest BCUT2D eigenvalue weighted by molar-refractivity contribution is -0.142. The molecule has 12 N–H and O–H groups in total. The molecule has 0 aromatic heterocycles. The monoisotopic (exact) mass is 535 g/mol. The molecule has 0 aliphatic carbocycles. The van der Waals surface area contributed by atoms with Gasteiger partial charge in [-0.2, -0.15) is 12.6 Å². The van der Waals surface area contributed by atoms with E-state index in [1.165, 1.54) is 0 Å². The summed E-state index contributed by atoms with van der Waals surface area (Å²) >= 11 is 3.99. The fraction of sp³-hybridized carbons (Fsp3) is 0.632. The van der Waals surface area contributed by atoms with Crippen LogP contribution in [0.2, 0.25) is 0 Å². The first kappa shape index (κ1) is 32.4. The number of nitrogens with two attached hydrogens (primary N) is 3. The zero-order chi connectivity index (χ0) is 27.8. The van der Waals surface area contributed by atoms with E-state index in [0.717, 1.165) is 0 Å². The van der Waals surface area contributed by atoms with Crippen molar-refractivity contribution in [2.75, 3.05) is 12.3 Å². The van der Waals surface area contributed by atoms with Crippen molar-refractivity contribution in [2.24, 2.45) is 22.2 Å². The van der Waals surface area contributed by atoms with Gasteiger partial charge in [0.1, 0.15) is 18.1 Å². The van der Waals surface area contributed by atoms with Crippen LogP contribution in [-0.2, 0) is 28.8 Å². The summed E-state index contributed by atoms with van der Waals surface area (Å²) in [7, 11) is 0. The third kappa shape index (κ3) is 14.0. The highest BCUT2D eigenvalue weighted by atomic mass is 32.1. The topological polar surface area (TPSA) is 290 Å². The standard InChI is InChI=1S/C19H33N7O9S/c20-9(3-5-13(27)28)15(31)24-10(4-6-14(29)30)16(32)26-12(8-36)17(33)25-11(18(34)35)2-1-7-23-19(21)22/h9-12,36H,1-8,20H2,(H,24,31)(H,25,33)(H,26,32)(H,27,28)(H,29,30)(H,34,35)(H4,21,22,23). The van der Waals surface area contributed by atoms with Crippen molar-refractivity contribution in [1.82, 2.24) is 16.0 Å². The van der Waals surface area contributed by atoms with Crippen LogP contribution < -0.4 is 33.2 Å². The van der Waals surface area contributed by atoms with Crippen molar-refractivity contribution in [3.63, 3.8) is 0 Å². The maximum atomic E-state index is 12.7. The Morgan fingerprint density at radius 2 is 1.25 bits per heavy atom. The minimum Gasteiger partial charge on any atom is -0.481 e. The molecule has 0 heterocycles. The normalized spacial score (nSPS) is 13.8. The SMILES string of the molecule is NC(N)=NCCCC(NC(=O)C(CS)NC(=O)C(CCC(=O)O)NC(=O)C(N)CCC(=O)O)C(=O)O. The number of carbonyl (C=O) groups excluding carboxylic acids is 3. The molecule has 4 unspecified atom stereocenters. The van der Waals surface area contributed by atoms with Crippen LogP contribution in [0, 0.1) is 0 Å². The van der Waals surface area contributed by atoms with Crippen LogP contribution >= 0.6 is 12.6 Å². The first-order valence-corrected chi connectivity index (χ1v) is 11.4. The van der Waals surface area contributed by atoms with Crippen molar-refractivity contribution in [1.29, 1.82) is 0 Å². The molecule has 4 atom stereocenters. The molecule has 0 aromatic carbocycles. The van der Waals surface area contributed by atoms with Crippen molar-refractivity contribution in [3.8, 4) is 0 Å². The quantitative estimate of drug-likeness (QED) is 0.0355. The number of aliphatic imine (C=N–C) groups is 1. The lowest BCUT2D eigenvalue weighted by Crippen LogP contribution is -2.57. The van der Waals surface area contributed by atoms with Gasteiger partial charge < -0.3 is 48.5 Å². The molecule has 0 aliphatic heterocycles. The molecule has 0 fully saturated rings. The van der Waals surface area contributed by atoms with Gasteiger partial charge in [0.25, 0.3) is 0 Å². The van der Waals surface area contributed by atoms with E-state index in [0.29, 0.717) is 0 Å². The fourth-order valence-electron chi connectivity index (χ4n) is 2.73. The number of rotatable bonds is 18. The Bertz CT molecular complexity index is 836. The first-order chi connectivity index (χ1) is 16.8. The minimum atomic E-state index is -1.42. The van der Waals surface area contributed by atoms with Gasteiger partial charge in [-0.1, -0.05) is 0 Å². The molecule has 0 aliphatic rings. The Labute approximate surface area is 211 Å². The van der Waals surface area contributed by atoms with Gasteiger partial charge >= 0.3 is 17.9 Å². The van der Waals surface area contributed by atoms with E-state index in [1.807, 2.05) is 0 Å². The van der Waals surface area contributed by atoms with Gasteiger partial charge in [-0.3, -0.25) is 29.0 Å². The molecule has 0 radical (unpaired) electrons. The Kier molecular flexibility index (Phi) is 15.2. The molecule has 0 aromatic rings. The summed E-state index contributed by atoms with van der Waals surface area (Å²) < 4.78 is 0. The first-order valence-electron chi connectivity index (χ1n) is 10.8. The summed E-state index contributed by atoms with van der Waals surface area (Å²) in [6.45, 7) is 0.133. The fourth-order valence-corrected chi connectivity index (χ4v) is 2.98. The van der Waals surface area contributed by atoms with Gasteiger partial charge in [0.2, 0.25) is 17.7 Å². The number of amides is 3. The molecule has 17 heteroatoms. The van der Waals surface area contributed by atoms with Crippen LogP contribution in [0.15, 0.2) is 4.99 Å². The Hall–Kier alpha value is -3.60. The number of aliphatic carboxylic acids is 3. The van der Waals surface area contributed by atoms with Crippen LogP contribution in [0.1, 0.15) is 38.5 Å². The Morgan fingerprint density at radius 1 is 0.750 bits per heavy atom. The van der Waals surface area contributed by atoms with E-state index in [4.69, 9.17) is 27.4 Å². The number of nitrogens with zero attached hydrogens (tertiary/aromatic N) is 1. The van der Waals surface area contributed by atoms with Crippen LogP contribution in [-0.4, -0.2) is 93.4 Å². The molecule has 0 rings (SSSR count). The number of hydrogen-bond donors (Lipinski definition) is 10. The molecular formula is C19H33N7O9S. The predicted octanol–water partition coefficient (Wildman–Crippen LogP) is -3.43.